The fourth-order valence-corrected chi connectivity index (χ4v) is 3.83. The summed E-state index contributed by atoms with van der Waals surface area (Å²) in [4.78, 5) is 50.9. The van der Waals surface area contributed by atoms with E-state index in [9.17, 15) is 19.2 Å². The molecule has 8 heteroatoms. The Kier molecular flexibility index (Phi) is 5.09. The van der Waals surface area contributed by atoms with Gasteiger partial charge in [0.1, 0.15) is 10.9 Å². The van der Waals surface area contributed by atoms with Gasteiger partial charge in [-0.05, 0) is 30.2 Å². The average molecular weight is 386 g/mol. The number of carbonyl (C=O) groups excluding carboxylic acids is 3. The predicted octanol–water partition coefficient (Wildman–Crippen LogP) is 2.38. The van der Waals surface area contributed by atoms with E-state index in [2.05, 4.69) is 5.32 Å². The van der Waals surface area contributed by atoms with Gasteiger partial charge < -0.3 is 10.4 Å². The van der Waals surface area contributed by atoms with E-state index in [1.165, 1.54) is 6.07 Å². The lowest BCUT2D eigenvalue weighted by Gasteiger charge is -2.28. The van der Waals surface area contributed by atoms with Gasteiger partial charge in [0.25, 0.3) is 11.8 Å². The van der Waals surface area contributed by atoms with Crippen LogP contribution in [0.3, 0.4) is 0 Å². The highest BCUT2D eigenvalue weighted by Gasteiger charge is 2.43. The number of carboxylic acid groups (broad SMARTS) is 1. The Morgan fingerprint density at radius 2 is 1.67 bits per heavy atom. The largest absolute Gasteiger partial charge is 0.477 e. The van der Waals surface area contributed by atoms with E-state index in [1.54, 1.807) is 44.2 Å². The molecule has 0 saturated heterocycles. The van der Waals surface area contributed by atoms with Gasteiger partial charge >= 0.3 is 5.97 Å². The Bertz CT molecular complexity index is 899. The predicted molar refractivity (Wildman–Crippen MR) is 98.7 cm³/mol. The Morgan fingerprint density at radius 3 is 2.15 bits per heavy atom. The van der Waals surface area contributed by atoms with Crippen LogP contribution in [0.1, 0.15) is 49.1 Å². The SMILES string of the molecule is CC(C)C(C(=O)NCc1ccc(C(=O)O)s1)N1C(=O)c2ccccc2C1=O. The molecule has 1 aliphatic heterocycles. The molecule has 1 atom stereocenters. The van der Waals surface area contributed by atoms with E-state index in [0.717, 1.165) is 16.2 Å². The molecule has 0 fully saturated rings. The maximum absolute atomic E-state index is 12.8. The molecule has 3 amide bonds. The molecule has 1 aromatic carbocycles. The fourth-order valence-electron chi connectivity index (χ4n) is 3.05. The fraction of sp³-hybridized carbons (Fsp3) is 0.263. The molecule has 2 aromatic rings. The number of amides is 3. The maximum Gasteiger partial charge on any atom is 0.345 e. The van der Waals surface area contributed by atoms with Gasteiger partial charge in [0.15, 0.2) is 0 Å². The van der Waals surface area contributed by atoms with Gasteiger partial charge in [-0.25, -0.2) is 4.79 Å². The Morgan fingerprint density at radius 1 is 1.07 bits per heavy atom. The van der Waals surface area contributed by atoms with Gasteiger partial charge in [-0.2, -0.15) is 0 Å². The Balaban J connectivity index is 1.77. The van der Waals surface area contributed by atoms with Crippen molar-refractivity contribution in [2.24, 2.45) is 5.92 Å². The molecule has 0 spiro atoms. The quantitative estimate of drug-likeness (QED) is 0.742. The van der Waals surface area contributed by atoms with Gasteiger partial charge in [-0.3, -0.25) is 19.3 Å². The lowest BCUT2D eigenvalue weighted by molar-refractivity contribution is -0.126. The summed E-state index contributed by atoms with van der Waals surface area (Å²) in [5.74, 6) is -2.72. The lowest BCUT2D eigenvalue weighted by Crippen LogP contribution is -2.52. The summed E-state index contributed by atoms with van der Waals surface area (Å²) in [6.07, 6.45) is 0. The van der Waals surface area contributed by atoms with Crippen molar-refractivity contribution >= 4 is 35.0 Å². The summed E-state index contributed by atoms with van der Waals surface area (Å²) in [7, 11) is 0. The molecular formula is C19H18N2O5S. The number of thiophene rings is 1. The molecule has 0 radical (unpaired) electrons. The number of imide groups is 1. The molecule has 1 aliphatic rings. The summed E-state index contributed by atoms with van der Waals surface area (Å²) >= 11 is 1.06. The summed E-state index contributed by atoms with van der Waals surface area (Å²) in [6.45, 7) is 3.66. The van der Waals surface area contributed by atoms with Crippen LogP contribution in [0.5, 0.6) is 0 Å². The first kappa shape index (κ1) is 18.8. The number of nitrogens with zero attached hydrogens (tertiary/aromatic N) is 1. The first-order valence-corrected chi connectivity index (χ1v) is 9.19. The minimum Gasteiger partial charge on any atom is -0.477 e. The molecule has 3 rings (SSSR count). The topological polar surface area (TPSA) is 104 Å². The van der Waals surface area contributed by atoms with Gasteiger partial charge in [-0.15, -0.1) is 11.3 Å². The third kappa shape index (κ3) is 3.48. The first-order chi connectivity index (χ1) is 12.8. The first-order valence-electron chi connectivity index (χ1n) is 8.38. The van der Waals surface area contributed by atoms with Crippen molar-refractivity contribution in [2.75, 3.05) is 0 Å². The number of hydrogen-bond donors (Lipinski definition) is 2. The van der Waals surface area contributed by atoms with Crippen LogP contribution in [0.2, 0.25) is 0 Å². The van der Waals surface area contributed by atoms with Crippen molar-refractivity contribution in [1.82, 2.24) is 10.2 Å². The highest BCUT2D eigenvalue weighted by atomic mass is 32.1. The summed E-state index contributed by atoms with van der Waals surface area (Å²) in [6, 6.07) is 8.65. The maximum atomic E-state index is 12.8. The highest BCUT2D eigenvalue weighted by molar-refractivity contribution is 7.13. The molecule has 0 bridgehead atoms. The zero-order chi connectivity index (χ0) is 19.7. The van der Waals surface area contributed by atoms with Gasteiger partial charge in [0.05, 0.1) is 17.7 Å². The molecule has 27 heavy (non-hydrogen) atoms. The second-order valence-electron chi connectivity index (χ2n) is 6.50. The van der Waals surface area contributed by atoms with Crippen LogP contribution < -0.4 is 5.32 Å². The Hall–Kier alpha value is -3.00. The number of aromatic carboxylic acids is 1. The van der Waals surface area contributed by atoms with Crippen molar-refractivity contribution in [3.05, 3.63) is 57.3 Å². The third-order valence-electron chi connectivity index (χ3n) is 4.31. The number of rotatable bonds is 6. The number of carboxylic acids is 1. The second kappa shape index (κ2) is 7.32. The average Bonchev–Trinajstić information content (AvgIpc) is 3.20. The minimum atomic E-state index is -1.02. The van der Waals surface area contributed by atoms with E-state index < -0.39 is 29.7 Å². The molecule has 0 aliphatic carbocycles. The summed E-state index contributed by atoms with van der Waals surface area (Å²) in [5.41, 5.74) is 0.593. The summed E-state index contributed by atoms with van der Waals surface area (Å²) < 4.78 is 0. The smallest absolute Gasteiger partial charge is 0.345 e. The van der Waals surface area contributed by atoms with E-state index in [-0.39, 0.29) is 17.3 Å². The van der Waals surface area contributed by atoms with Crippen molar-refractivity contribution in [3.63, 3.8) is 0 Å². The van der Waals surface area contributed by atoms with Crippen molar-refractivity contribution in [1.29, 1.82) is 0 Å². The monoisotopic (exact) mass is 386 g/mol. The van der Waals surface area contributed by atoms with Crippen LogP contribution in [0.25, 0.3) is 0 Å². The van der Waals surface area contributed by atoms with Gasteiger partial charge in [0, 0.05) is 4.88 Å². The number of carbonyl (C=O) groups is 4. The molecule has 2 N–H and O–H groups in total. The summed E-state index contributed by atoms with van der Waals surface area (Å²) in [5, 5.41) is 11.7. The van der Waals surface area contributed by atoms with E-state index in [1.807, 2.05) is 0 Å². The van der Waals surface area contributed by atoms with Gasteiger partial charge in [0.2, 0.25) is 5.91 Å². The molecule has 7 nitrogen and oxygen atoms in total. The molecule has 1 aromatic heterocycles. The molecular weight excluding hydrogens is 368 g/mol. The van der Waals surface area contributed by atoms with E-state index in [4.69, 9.17) is 5.11 Å². The minimum absolute atomic E-state index is 0.128. The van der Waals surface area contributed by atoms with Crippen LogP contribution in [0.15, 0.2) is 36.4 Å². The van der Waals surface area contributed by atoms with Crippen LogP contribution in [0, 0.1) is 5.92 Å². The van der Waals surface area contributed by atoms with Crippen LogP contribution >= 0.6 is 11.3 Å². The third-order valence-corrected chi connectivity index (χ3v) is 5.39. The molecule has 2 heterocycles. The zero-order valence-electron chi connectivity index (χ0n) is 14.8. The molecule has 1 unspecified atom stereocenters. The number of benzene rings is 1. The lowest BCUT2D eigenvalue weighted by atomic mass is 10.0. The molecule has 140 valence electrons. The molecule has 0 saturated carbocycles. The highest BCUT2D eigenvalue weighted by Crippen LogP contribution is 2.27. The van der Waals surface area contributed by atoms with Crippen LogP contribution in [0.4, 0.5) is 0 Å². The second-order valence-corrected chi connectivity index (χ2v) is 7.67. The van der Waals surface area contributed by atoms with Crippen LogP contribution in [-0.2, 0) is 11.3 Å². The van der Waals surface area contributed by atoms with E-state index >= 15 is 0 Å². The van der Waals surface area contributed by atoms with E-state index in [0.29, 0.717) is 16.0 Å². The zero-order valence-corrected chi connectivity index (χ0v) is 15.6. The number of fused-ring (bicyclic) bond motifs is 1. The van der Waals surface area contributed by atoms with Crippen LogP contribution in [-0.4, -0.2) is 39.7 Å². The van der Waals surface area contributed by atoms with Crippen molar-refractivity contribution in [2.45, 2.75) is 26.4 Å². The number of hydrogen-bond acceptors (Lipinski definition) is 5. The normalized spacial score (nSPS) is 14.4. The van der Waals surface area contributed by atoms with Gasteiger partial charge in [-0.1, -0.05) is 26.0 Å². The Labute approximate surface area is 159 Å². The van der Waals surface area contributed by atoms with Crippen molar-refractivity contribution in [3.8, 4) is 0 Å². The van der Waals surface area contributed by atoms with Crippen molar-refractivity contribution < 1.29 is 24.3 Å². The standard InChI is InChI=1S/C19H18N2O5S/c1-10(2)15(16(22)20-9-11-7-8-14(27-11)19(25)26)21-17(23)12-5-3-4-6-13(12)18(21)24/h3-8,10,15H,9H2,1-2H3,(H,20,22)(H,25,26). The number of nitrogens with one attached hydrogen (secondary N) is 1.